The van der Waals surface area contributed by atoms with Gasteiger partial charge in [-0.05, 0) is 12.1 Å². The highest BCUT2D eigenvalue weighted by Gasteiger charge is 2.13. The number of halogens is 1. The van der Waals surface area contributed by atoms with Gasteiger partial charge in [0.1, 0.15) is 11.6 Å². The van der Waals surface area contributed by atoms with Gasteiger partial charge in [0, 0.05) is 19.7 Å². The summed E-state index contributed by atoms with van der Waals surface area (Å²) < 4.78 is 18.1. The van der Waals surface area contributed by atoms with Crippen molar-refractivity contribution in [3.63, 3.8) is 0 Å². The van der Waals surface area contributed by atoms with Crippen molar-refractivity contribution in [3.05, 3.63) is 24.0 Å². The van der Waals surface area contributed by atoms with E-state index in [4.69, 9.17) is 9.84 Å². The van der Waals surface area contributed by atoms with Crippen LogP contribution in [-0.4, -0.2) is 42.7 Å². The average Bonchev–Trinajstić information content (AvgIpc) is 2.36. The maximum Gasteiger partial charge on any atom is 0.321 e. The van der Waals surface area contributed by atoms with Gasteiger partial charge < -0.3 is 20.1 Å². The molecule has 0 heterocycles. The van der Waals surface area contributed by atoms with Crippen LogP contribution in [0.1, 0.15) is 6.42 Å². The third kappa shape index (κ3) is 4.46. The number of carboxylic acids is 1. The van der Waals surface area contributed by atoms with Gasteiger partial charge in [-0.15, -0.1) is 0 Å². The number of urea groups is 1. The molecule has 0 aliphatic rings. The molecule has 0 bridgehead atoms. The van der Waals surface area contributed by atoms with E-state index < -0.39 is 17.8 Å². The van der Waals surface area contributed by atoms with Crippen LogP contribution in [0, 0.1) is 5.82 Å². The van der Waals surface area contributed by atoms with Crippen LogP contribution in [0.5, 0.6) is 5.75 Å². The van der Waals surface area contributed by atoms with Gasteiger partial charge in [0.2, 0.25) is 0 Å². The number of ether oxygens (including phenoxy) is 1. The smallest absolute Gasteiger partial charge is 0.321 e. The lowest BCUT2D eigenvalue weighted by Gasteiger charge is -2.18. The van der Waals surface area contributed by atoms with Crippen LogP contribution in [0.25, 0.3) is 0 Å². The van der Waals surface area contributed by atoms with E-state index in [1.807, 2.05) is 0 Å². The molecule has 0 spiro atoms. The van der Waals surface area contributed by atoms with Gasteiger partial charge in [0.25, 0.3) is 0 Å². The minimum Gasteiger partial charge on any atom is -0.495 e. The summed E-state index contributed by atoms with van der Waals surface area (Å²) in [6, 6.07) is 3.19. The van der Waals surface area contributed by atoms with Gasteiger partial charge in [0.15, 0.2) is 0 Å². The van der Waals surface area contributed by atoms with Gasteiger partial charge in [-0.3, -0.25) is 4.79 Å². The molecule has 6 nitrogen and oxygen atoms in total. The van der Waals surface area contributed by atoms with E-state index in [2.05, 4.69) is 5.32 Å². The predicted molar refractivity (Wildman–Crippen MR) is 66.9 cm³/mol. The van der Waals surface area contributed by atoms with Gasteiger partial charge in [-0.1, -0.05) is 0 Å². The number of amides is 2. The summed E-state index contributed by atoms with van der Waals surface area (Å²) in [5.41, 5.74) is 0.190. The molecule has 0 aromatic heterocycles. The van der Waals surface area contributed by atoms with Crippen LogP contribution < -0.4 is 10.1 Å². The van der Waals surface area contributed by atoms with Crippen molar-refractivity contribution in [1.82, 2.24) is 4.90 Å². The summed E-state index contributed by atoms with van der Waals surface area (Å²) in [7, 11) is 2.85. The Morgan fingerprint density at radius 2 is 2.16 bits per heavy atom. The van der Waals surface area contributed by atoms with Crippen LogP contribution in [0.15, 0.2) is 18.2 Å². The molecule has 0 aliphatic heterocycles. The Labute approximate surface area is 109 Å². The number of hydrogen-bond acceptors (Lipinski definition) is 3. The number of rotatable bonds is 5. The highest BCUT2D eigenvalue weighted by molar-refractivity contribution is 5.91. The van der Waals surface area contributed by atoms with Crippen molar-refractivity contribution in [3.8, 4) is 5.75 Å². The van der Waals surface area contributed by atoms with Crippen LogP contribution in [0.3, 0.4) is 0 Å². The lowest BCUT2D eigenvalue weighted by atomic mass is 10.3. The second-order valence-corrected chi connectivity index (χ2v) is 3.84. The fraction of sp³-hybridized carbons (Fsp3) is 0.333. The summed E-state index contributed by atoms with van der Waals surface area (Å²) in [5.74, 6) is -1.19. The summed E-state index contributed by atoms with van der Waals surface area (Å²) >= 11 is 0. The third-order valence-electron chi connectivity index (χ3n) is 2.41. The quantitative estimate of drug-likeness (QED) is 0.854. The average molecular weight is 270 g/mol. The minimum atomic E-state index is -0.997. The van der Waals surface area contributed by atoms with Crippen molar-refractivity contribution in [2.75, 3.05) is 26.0 Å². The van der Waals surface area contributed by atoms with Crippen molar-refractivity contribution >= 4 is 17.7 Å². The zero-order valence-electron chi connectivity index (χ0n) is 10.6. The molecule has 7 heteroatoms. The van der Waals surface area contributed by atoms with E-state index in [1.54, 1.807) is 0 Å². The normalized spacial score (nSPS) is 9.84. The number of carbonyl (C=O) groups is 2. The number of benzene rings is 1. The highest BCUT2D eigenvalue weighted by Crippen LogP contribution is 2.25. The molecular formula is C12H15FN2O4. The van der Waals surface area contributed by atoms with E-state index in [9.17, 15) is 14.0 Å². The van der Waals surface area contributed by atoms with E-state index in [1.165, 1.54) is 31.2 Å². The van der Waals surface area contributed by atoms with Crippen molar-refractivity contribution in [2.24, 2.45) is 0 Å². The number of carboxylic acid groups (broad SMARTS) is 1. The van der Waals surface area contributed by atoms with Crippen LogP contribution >= 0.6 is 0 Å². The van der Waals surface area contributed by atoms with E-state index in [-0.39, 0.29) is 18.7 Å². The van der Waals surface area contributed by atoms with E-state index in [0.717, 1.165) is 6.07 Å². The fourth-order valence-electron chi connectivity index (χ4n) is 1.35. The molecule has 2 N–H and O–H groups in total. The SMILES string of the molecule is COc1ccc(F)cc1NC(=O)N(C)CCC(=O)O. The Morgan fingerprint density at radius 3 is 2.74 bits per heavy atom. The standard InChI is InChI=1S/C12H15FN2O4/c1-15(6-5-11(16)17)12(18)14-9-7-8(13)3-4-10(9)19-2/h3-4,7H,5-6H2,1-2H3,(H,14,18)(H,16,17). The lowest BCUT2D eigenvalue weighted by Crippen LogP contribution is -2.33. The van der Waals surface area contributed by atoms with Crippen LogP contribution in [-0.2, 0) is 4.79 Å². The van der Waals surface area contributed by atoms with E-state index in [0.29, 0.717) is 5.75 Å². The molecular weight excluding hydrogens is 255 g/mol. The molecule has 104 valence electrons. The Kier molecular flexibility index (Phi) is 5.11. The third-order valence-corrected chi connectivity index (χ3v) is 2.41. The lowest BCUT2D eigenvalue weighted by molar-refractivity contribution is -0.137. The first-order valence-electron chi connectivity index (χ1n) is 5.51. The zero-order chi connectivity index (χ0) is 14.4. The molecule has 0 radical (unpaired) electrons. The summed E-state index contributed by atoms with van der Waals surface area (Å²) in [6.45, 7) is 0.0544. The number of methoxy groups -OCH3 is 1. The Bertz CT molecular complexity index is 479. The molecule has 0 saturated carbocycles. The first-order valence-corrected chi connectivity index (χ1v) is 5.51. The molecule has 0 aliphatic carbocycles. The molecule has 19 heavy (non-hydrogen) atoms. The Balaban J connectivity index is 2.70. The van der Waals surface area contributed by atoms with Gasteiger partial charge in [0.05, 0.1) is 19.2 Å². The number of hydrogen-bond donors (Lipinski definition) is 2. The number of nitrogens with zero attached hydrogens (tertiary/aromatic N) is 1. The fourth-order valence-corrected chi connectivity index (χ4v) is 1.35. The summed E-state index contributed by atoms with van der Waals surface area (Å²) in [5, 5.41) is 11.0. The molecule has 0 unspecified atom stereocenters. The van der Waals surface area contributed by atoms with Crippen molar-refractivity contribution in [2.45, 2.75) is 6.42 Å². The largest absolute Gasteiger partial charge is 0.495 e. The number of carbonyl (C=O) groups excluding carboxylic acids is 1. The van der Waals surface area contributed by atoms with Crippen LogP contribution in [0.2, 0.25) is 0 Å². The predicted octanol–water partition coefficient (Wildman–Crippen LogP) is 1.77. The maximum absolute atomic E-state index is 13.1. The number of anilines is 1. The molecule has 2 amide bonds. The van der Waals surface area contributed by atoms with E-state index >= 15 is 0 Å². The maximum atomic E-state index is 13.1. The topological polar surface area (TPSA) is 78.9 Å². The molecule has 0 saturated heterocycles. The molecule has 0 fully saturated rings. The number of aliphatic carboxylic acids is 1. The monoisotopic (exact) mass is 270 g/mol. The van der Waals surface area contributed by atoms with Crippen LogP contribution in [0.4, 0.5) is 14.9 Å². The molecule has 0 atom stereocenters. The zero-order valence-corrected chi connectivity index (χ0v) is 10.6. The Morgan fingerprint density at radius 1 is 1.47 bits per heavy atom. The number of nitrogens with one attached hydrogen (secondary N) is 1. The molecule has 1 aromatic carbocycles. The van der Waals surface area contributed by atoms with Crippen molar-refractivity contribution in [1.29, 1.82) is 0 Å². The van der Waals surface area contributed by atoms with Gasteiger partial charge in [-0.2, -0.15) is 0 Å². The first kappa shape index (κ1) is 14.7. The second-order valence-electron chi connectivity index (χ2n) is 3.84. The van der Waals surface area contributed by atoms with Gasteiger partial charge >= 0.3 is 12.0 Å². The first-order chi connectivity index (χ1) is 8.93. The molecule has 1 aromatic rings. The highest BCUT2D eigenvalue weighted by atomic mass is 19.1. The molecule has 1 rings (SSSR count). The minimum absolute atomic E-state index is 0.0544. The van der Waals surface area contributed by atoms with Gasteiger partial charge in [-0.25, -0.2) is 9.18 Å². The van der Waals surface area contributed by atoms with Crippen molar-refractivity contribution < 1.29 is 23.8 Å². The summed E-state index contributed by atoms with van der Waals surface area (Å²) in [6.07, 6.45) is -0.162. The second kappa shape index (κ2) is 6.58. The summed E-state index contributed by atoms with van der Waals surface area (Å²) in [4.78, 5) is 23.3. The Hall–Kier alpha value is -2.31.